The van der Waals surface area contributed by atoms with Crippen molar-refractivity contribution in [1.29, 1.82) is 0 Å². The van der Waals surface area contributed by atoms with Crippen LogP contribution in [-0.2, 0) is 6.54 Å². The zero-order chi connectivity index (χ0) is 20.4. The van der Waals surface area contributed by atoms with Crippen LogP contribution in [-0.4, -0.2) is 37.8 Å². The zero-order valence-electron chi connectivity index (χ0n) is 16.7. The van der Waals surface area contributed by atoms with Crippen LogP contribution in [0.2, 0.25) is 0 Å². The summed E-state index contributed by atoms with van der Waals surface area (Å²) in [5.74, 6) is 0.928. The summed E-state index contributed by atoms with van der Waals surface area (Å²) in [6.07, 6.45) is 4.18. The lowest BCUT2D eigenvalue weighted by Gasteiger charge is -2.28. The lowest BCUT2D eigenvalue weighted by molar-refractivity contribution is 0.247. The van der Waals surface area contributed by atoms with Gasteiger partial charge in [-0.15, -0.1) is 0 Å². The van der Waals surface area contributed by atoms with E-state index in [1.807, 2.05) is 36.5 Å². The second-order valence-corrected chi connectivity index (χ2v) is 7.78. The molecular weight excluding hydrogens is 384 g/mol. The number of furan rings is 1. The molecule has 3 aromatic heterocycles. The summed E-state index contributed by atoms with van der Waals surface area (Å²) in [4.78, 5) is 6.77. The van der Waals surface area contributed by atoms with Crippen molar-refractivity contribution in [3.8, 4) is 0 Å². The lowest BCUT2D eigenvalue weighted by Crippen LogP contribution is -2.31. The van der Waals surface area contributed by atoms with Gasteiger partial charge in [-0.2, -0.15) is 0 Å². The predicted octanol–water partition coefficient (Wildman–Crippen LogP) is 3.50. The normalized spacial score (nSPS) is 19.0. The summed E-state index contributed by atoms with van der Waals surface area (Å²) in [5, 5.41) is 13.6. The summed E-state index contributed by atoms with van der Waals surface area (Å²) >= 11 is 5.67. The van der Waals surface area contributed by atoms with E-state index in [0.717, 1.165) is 11.5 Å². The average Bonchev–Trinajstić information content (AvgIpc) is 3.42. The monoisotopic (exact) mass is 410 g/mol. The first-order valence-corrected chi connectivity index (χ1v) is 10.3. The van der Waals surface area contributed by atoms with Gasteiger partial charge in [-0.1, -0.05) is 6.07 Å². The molecule has 7 heteroatoms. The highest BCUT2D eigenvalue weighted by Gasteiger charge is 2.41. The van der Waals surface area contributed by atoms with Gasteiger partial charge in [0.15, 0.2) is 5.11 Å². The summed E-state index contributed by atoms with van der Waals surface area (Å²) in [5.41, 5.74) is 4.54. The van der Waals surface area contributed by atoms with Gasteiger partial charge in [0.1, 0.15) is 5.76 Å². The number of pyridine rings is 1. The topological polar surface area (TPSA) is 66.5 Å². The van der Waals surface area contributed by atoms with Crippen LogP contribution >= 0.6 is 12.2 Å². The van der Waals surface area contributed by atoms with Crippen molar-refractivity contribution in [2.24, 2.45) is 0 Å². The van der Waals surface area contributed by atoms with Crippen LogP contribution in [0, 0.1) is 13.8 Å². The van der Waals surface area contributed by atoms with Gasteiger partial charge in [0.2, 0.25) is 0 Å². The van der Waals surface area contributed by atoms with Crippen molar-refractivity contribution in [3.05, 3.63) is 77.3 Å². The van der Waals surface area contributed by atoms with Gasteiger partial charge in [0, 0.05) is 30.7 Å². The summed E-state index contributed by atoms with van der Waals surface area (Å²) in [7, 11) is 0. The summed E-state index contributed by atoms with van der Waals surface area (Å²) < 4.78 is 7.83. The maximum Gasteiger partial charge on any atom is 0.170 e. The first-order chi connectivity index (χ1) is 14.1. The fraction of sp³-hybridized carbons (Fsp3) is 0.364. The molecule has 152 valence electrons. The van der Waals surface area contributed by atoms with Crippen molar-refractivity contribution in [1.82, 2.24) is 19.8 Å². The Bertz CT molecular complexity index is 968. The second kappa shape index (κ2) is 8.39. The highest BCUT2D eigenvalue weighted by molar-refractivity contribution is 7.80. The van der Waals surface area contributed by atoms with Crippen LogP contribution in [0.4, 0.5) is 0 Å². The minimum atomic E-state index is -0.0417. The van der Waals surface area contributed by atoms with E-state index in [1.165, 1.54) is 17.0 Å². The Morgan fingerprint density at radius 3 is 2.79 bits per heavy atom. The number of hydrogen-bond acceptors (Lipinski definition) is 4. The van der Waals surface area contributed by atoms with E-state index in [4.69, 9.17) is 16.6 Å². The molecule has 0 radical (unpaired) electrons. The number of nitrogens with zero attached hydrogens (tertiary/aromatic N) is 3. The second-order valence-electron chi connectivity index (χ2n) is 7.39. The molecule has 1 aliphatic heterocycles. The highest BCUT2D eigenvalue weighted by atomic mass is 32.1. The van der Waals surface area contributed by atoms with Gasteiger partial charge in [0.05, 0.1) is 30.6 Å². The van der Waals surface area contributed by atoms with Crippen LogP contribution in [0.15, 0.2) is 53.3 Å². The molecule has 1 saturated heterocycles. The molecule has 3 aromatic rings. The quantitative estimate of drug-likeness (QED) is 0.581. The predicted molar refractivity (Wildman–Crippen MR) is 116 cm³/mol. The fourth-order valence-electron chi connectivity index (χ4n) is 4.15. The number of aliphatic hydroxyl groups excluding tert-OH is 1. The summed E-state index contributed by atoms with van der Waals surface area (Å²) in [6.45, 7) is 5.79. The van der Waals surface area contributed by atoms with Crippen molar-refractivity contribution in [3.63, 3.8) is 0 Å². The van der Waals surface area contributed by atoms with E-state index in [9.17, 15) is 5.11 Å². The van der Waals surface area contributed by atoms with Gasteiger partial charge in [-0.05, 0) is 68.4 Å². The van der Waals surface area contributed by atoms with Crippen LogP contribution in [0.3, 0.4) is 0 Å². The number of thiocarbonyl (C=S) groups is 1. The molecule has 0 unspecified atom stereocenters. The number of rotatable bonds is 7. The highest BCUT2D eigenvalue weighted by Crippen LogP contribution is 2.40. The Morgan fingerprint density at radius 2 is 2.10 bits per heavy atom. The van der Waals surface area contributed by atoms with E-state index >= 15 is 0 Å². The van der Waals surface area contributed by atoms with Crippen LogP contribution < -0.4 is 5.32 Å². The Hall–Kier alpha value is -2.64. The molecule has 2 atom stereocenters. The zero-order valence-corrected chi connectivity index (χ0v) is 17.5. The molecule has 0 spiro atoms. The molecule has 1 aliphatic rings. The number of nitrogens with one attached hydrogen (secondary N) is 1. The number of aliphatic hydroxyl groups is 1. The molecular formula is C22H26N4O2S. The van der Waals surface area contributed by atoms with E-state index in [1.54, 1.807) is 6.26 Å². The van der Waals surface area contributed by atoms with Crippen LogP contribution in [0.25, 0.3) is 0 Å². The summed E-state index contributed by atoms with van der Waals surface area (Å²) in [6, 6.07) is 12.1. The Kier molecular flexibility index (Phi) is 5.69. The van der Waals surface area contributed by atoms with Gasteiger partial charge < -0.3 is 24.3 Å². The molecule has 0 aliphatic carbocycles. The SMILES string of the molecule is Cc1cc([C@H]2[C@H](c3ccccn3)NC(=S)N2CCCO)c(C)n1Cc1ccco1. The Balaban J connectivity index is 1.74. The lowest BCUT2D eigenvalue weighted by atomic mass is 9.96. The van der Waals surface area contributed by atoms with E-state index in [0.29, 0.717) is 24.6 Å². The standard InChI is InChI=1S/C22H26N4O2S/c1-15-13-18(16(2)26(15)14-17-7-5-12-28-17)21-20(19-8-3-4-9-23-19)24-22(29)25(21)10-6-11-27/h3-5,7-9,12-13,20-21,27H,6,10-11,14H2,1-2H3,(H,24,29)/t20-,21-/m0/s1. The maximum absolute atomic E-state index is 9.38. The van der Waals surface area contributed by atoms with Crippen molar-refractivity contribution >= 4 is 17.3 Å². The first kappa shape index (κ1) is 19.7. The number of aryl methyl sites for hydroxylation is 1. The van der Waals surface area contributed by atoms with Crippen molar-refractivity contribution in [2.75, 3.05) is 13.2 Å². The third-order valence-electron chi connectivity index (χ3n) is 5.58. The molecule has 4 heterocycles. The minimum absolute atomic E-state index is 0.0144. The molecule has 29 heavy (non-hydrogen) atoms. The van der Waals surface area contributed by atoms with Gasteiger partial charge >= 0.3 is 0 Å². The molecule has 0 amide bonds. The molecule has 0 aromatic carbocycles. The van der Waals surface area contributed by atoms with E-state index < -0.39 is 0 Å². The van der Waals surface area contributed by atoms with E-state index in [-0.39, 0.29) is 18.7 Å². The molecule has 0 saturated carbocycles. The fourth-order valence-corrected chi connectivity index (χ4v) is 4.49. The number of aromatic nitrogens is 2. The Labute approximate surface area is 176 Å². The smallest absolute Gasteiger partial charge is 0.170 e. The molecule has 2 N–H and O–H groups in total. The molecule has 1 fully saturated rings. The van der Waals surface area contributed by atoms with Crippen molar-refractivity contribution in [2.45, 2.75) is 38.9 Å². The molecule has 6 nitrogen and oxygen atoms in total. The molecule has 4 rings (SSSR count). The maximum atomic E-state index is 9.38. The molecule has 0 bridgehead atoms. The third-order valence-corrected chi connectivity index (χ3v) is 5.93. The number of hydrogen-bond donors (Lipinski definition) is 2. The van der Waals surface area contributed by atoms with Gasteiger partial charge in [0.25, 0.3) is 0 Å². The van der Waals surface area contributed by atoms with E-state index in [2.05, 4.69) is 39.7 Å². The first-order valence-electron chi connectivity index (χ1n) is 9.88. The van der Waals surface area contributed by atoms with Gasteiger partial charge in [-0.3, -0.25) is 4.98 Å². The van der Waals surface area contributed by atoms with Crippen LogP contribution in [0.1, 0.15) is 46.9 Å². The van der Waals surface area contributed by atoms with Crippen molar-refractivity contribution < 1.29 is 9.52 Å². The Morgan fingerprint density at radius 1 is 1.24 bits per heavy atom. The minimum Gasteiger partial charge on any atom is -0.467 e. The largest absolute Gasteiger partial charge is 0.467 e. The van der Waals surface area contributed by atoms with Gasteiger partial charge in [-0.25, -0.2) is 0 Å². The third kappa shape index (κ3) is 3.80. The average molecular weight is 411 g/mol. The van der Waals surface area contributed by atoms with Crippen LogP contribution in [0.5, 0.6) is 0 Å².